The lowest BCUT2D eigenvalue weighted by Crippen LogP contribution is -1.95. The zero-order chi connectivity index (χ0) is 12.1. The van der Waals surface area contributed by atoms with Crippen molar-refractivity contribution in [3.8, 4) is 11.5 Å². The van der Waals surface area contributed by atoms with Gasteiger partial charge in [-0.3, -0.25) is 10.1 Å². The SMILES string of the molecule is COc1ccc(OC)c(/C=C/[N+](=O)[O-])c1F. The molecule has 0 aromatic heterocycles. The van der Waals surface area contributed by atoms with Crippen molar-refractivity contribution < 1.29 is 18.8 Å². The van der Waals surface area contributed by atoms with Gasteiger partial charge in [0.1, 0.15) is 5.75 Å². The van der Waals surface area contributed by atoms with Gasteiger partial charge in [-0.25, -0.2) is 4.39 Å². The third-order valence-corrected chi connectivity index (χ3v) is 1.91. The Balaban J connectivity index is 3.26. The van der Waals surface area contributed by atoms with Gasteiger partial charge in [0, 0.05) is 6.08 Å². The summed E-state index contributed by atoms with van der Waals surface area (Å²) in [6.07, 6.45) is 1.66. The molecule has 16 heavy (non-hydrogen) atoms. The van der Waals surface area contributed by atoms with Crippen LogP contribution < -0.4 is 9.47 Å². The Hall–Kier alpha value is -2.11. The van der Waals surface area contributed by atoms with Gasteiger partial charge < -0.3 is 9.47 Å². The van der Waals surface area contributed by atoms with E-state index >= 15 is 0 Å². The molecule has 0 radical (unpaired) electrons. The van der Waals surface area contributed by atoms with Gasteiger partial charge in [0.05, 0.1) is 24.7 Å². The zero-order valence-electron chi connectivity index (χ0n) is 8.77. The average Bonchev–Trinajstić information content (AvgIpc) is 2.26. The molecule has 0 aliphatic rings. The fraction of sp³-hybridized carbons (Fsp3) is 0.200. The second-order valence-corrected chi connectivity index (χ2v) is 2.80. The standard InChI is InChI=1S/C10H10FNO4/c1-15-8-3-4-9(16-2)10(11)7(8)5-6-12(13)14/h3-6H,1-2H3/b6-5+. The highest BCUT2D eigenvalue weighted by atomic mass is 19.1. The fourth-order valence-corrected chi connectivity index (χ4v) is 1.18. The summed E-state index contributed by atoms with van der Waals surface area (Å²) in [5.74, 6) is -0.486. The second kappa shape index (κ2) is 5.11. The number of methoxy groups -OCH3 is 2. The van der Waals surface area contributed by atoms with Gasteiger partial charge in [-0.05, 0) is 12.1 Å². The van der Waals surface area contributed by atoms with E-state index in [1.165, 1.54) is 26.4 Å². The first-order valence-corrected chi connectivity index (χ1v) is 4.32. The van der Waals surface area contributed by atoms with Crippen molar-refractivity contribution >= 4 is 6.08 Å². The van der Waals surface area contributed by atoms with E-state index in [1.54, 1.807) is 0 Å². The Kier molecular flexibility index (Phi) is 3.82. The number of nitro groups is 1. The first kappa shape index (κ1) is 12.0. The monoisotopic (exact) mass is 227 g/mol. The van der Waals surface area contributed by atoms with Crippen LogP contribution in [0.5, 0.6) is 11.5 Å². The highest BCUT2D eigenvalue weighted by Gasteiger charge is 2.13. The number of halogens is 1. The summed E-state index contributed by atoms with van der Waals surface area (Å²) in [5.41, 5.74) is -0.0152. The molecule has 0 unspecified atom stereocenters. The molecule has 1 rings (SSSR count). The summed E-state index contributed by atoms with van der Waals surface area (Å²) in [6, 6.07) is 2.86. The molecule has 1 aromatic carbocycles. The summed E-state index contributed by atoms with van der Waals surface area (Å²) < 4.78 is 23.3. The fourth-order valence-electron chi connectivity index (χ4n) is 1.18. The number of hydrogen-bond acceptors (Lipinski definition) is 4. The molecule has 0 aliphatic carbocycles. The second-order valence-electron chi connectivity index (χ2n) is 2.80. The highest BCUT2D eigenvalue weighted by Crippen LogP contribution is 2.29. The third-order valence-electron chi connectivity index (χ3n) is 1.91. The molecule has 0 N–H and O–H groups in total. The van der Waals surface area contributed by atoms with Crippen LogP contribution in [0.1, 0.15) is 5.56 Å². The molecule has 0 spiro atoms. The van der Waals surface area contributed by atoms with E-state index in [-0.39, 0.29) is 17.1 Å². The van der Waals surface area contributed by atoms with E-state index in [2.05, 4.69) is 0 Å². The van der Waals surface area contributed by atoms with Crippen LogP contribution in [0, 0.1) is 15.9 Å². The van der Waals surface area contributed by atoms with Crippen LogP contribution in [0.2, 0.25) is 0 Å². The van der Waals surface area contributed by atoms with Gasteiger partial charge in [-0.1, -0.05) is 0 Å². The Morgan fingerprint density at radius 1 is 1.31 bits per heavy atom. The molecule has 0 atom stereocenters. The quantitative estimate of drug-likeness (QED) is 0.583. The minimum absolute atomic E-state index is 0.00352. The van der Waals surface area contributed by atoms with Gasteiger partial charge in [-0.15, -0.1) is 0 Å². The van der Waals surface area contributed by atoms with Crippen molar-refractivity contribution in [3.63, 3.8) is 0 Å². The largest absolute Gasteiger partial charge is 0.496 e. The highest BCUT2D eigenvalue weighted by molar-refractivity contribution is 5.60. The summed E-state index contributed by atoms with van der Waals surface area (Å²) in [4.78, 5) is 9.48. The molecule has 0 bridgehead atoms. The van der Waals surface area contributed by atoms with Gasteiger partial charge >= 0.3 is 0 Å². The van der Waals surface area contributed by atoms with Crippen LogP contribution in [0.15, 0.2) is 18.3 Å². The van der Waals surface area contributed by atoms with Gasteiger partial charge in [0.25, 0.3) is 0 Å². The molecule has 5 nitrogen and oxygen atoms in total. The van der Waals surface area contributed by atoms with Crippen LogP contribution in [-0.4, -0.2) is 19.1 Å². The maximum atomic E-state index is 13.7. The van der Waals surface area contributed by atoms with E-state index in [1.807, 2.05) is 0 Å². The van der Waals surface area contributed by atoms with Crippen LogP contribution in [0.25, 0.3) is 6.08 Å². The van der Waals surface area contributed by atoms with Gasteiger partial charge in [0.15, 0.2) is 11.6 Å². The maximum absolute atomic E-state index is 13.7. The van der Waals surface area contributed by atoms with E-state index in [9.17, 15) is 14.5 Å². The van der Waals surface area contributed by atoms with Crippen molar-refractivity contribution in [2.45, 2.75) is 0 Å². The first-order chi connectivity index (χ1) is 7.60. The number of rotatable bonds is 4. The number of nitrogens with zero attached hydrogens (tertiary/aromatic N) is 1. The topological polar surface area (TPSA) is 61.6 Å². The molecular formula is C10H10FNO4. The van der Waals surface area contributed by atoms with E-state index < -0.39 is 10.7 Å². The van der Waals surface area contributed by atoms with Crippen molar-refractivity contribution in [1.82, 2.24) is 0 Å². The van der Waals surface area contributed by atoms with Crippen molar-refractivity contribution in [3.05, 3.63) is 39.8 Å². The van der Waals surface area contributed by atoms with Crippen LogP contribution in [-0.2, 0) is 0 Å². The Morgan fingerprint density at radius 2 is 1.88 bits per heavy atom. The molecular weight excluding hydrogens is 217 g/mol. The molecule has 0 saturated heterocycles. The lowest BCUT2D eigenvalue weighted by molar-refractivity contribution is -0.401. The maximum Gasteiger partial charge on any atom is 0.235 e. The Labute approximate surface area is 91.2 Å². The first-order valence-electron chi connectivity index (χ1n) is 4.32. The average molecular weight is 227 g/mol. The minimum atomic E-state index is -0.694. The number of benzene rings is 1. The van der Waals surface area contributed by atoms with Gasteiger partial charge in [0.2, 0.25) is 6.20 Å². The van der Waals surface area contributed by atoms with Gasteiger partial charge in [-0.2, -0.15) is 0 Å². The van der Waals surface area contributed by atoms with E-state index in [4.69, 9.17) is 9.47 Å². The Morgan fingerprint density at radius 3 is 2.38 bits per heavy atom. The van der Waals surface area contributed by atoms with E-state index in [0.29, 0.717) is 6.20 Å². The van der Waals surface area contributed by atoms with Crippen molar-refractivity contribution in [2.24, 2.45) is 0 Å². The lowest BCUT2D eigenvalue weighted by Gasteiger charge is -2.08. The predicted octanol–water partition coefficient (Wildman–Crippen LogP) is 2.09. The van der Waals surface area contributed by atoms with Crippen LogP contribution >= 0.6 is 0 Å². The van der Waals surface area contributed by atoms with Crippen molar-refractivity contribution in [2.75, 3.05) is 14.2 Å². The third kappa shape index (κ3) is 2.47. The molecule has 0 fully saturated rings. The zero-order valence-corrected chi connectivity index (χ0v) is 8.77. The smallest absolute Gasteiger partial charge is 0.235 e. The van der Waals surface area contributed by atoms with Crippen molar-refractivity contribution in [1.29, 1.82) is 0 Å². The summed E-state index contributed by atoms with van der Waals surface area (Å²) in [6.45, 7) is 0. The predicted molar refractivity (Wildman–Crippen MR) is 55.5 cm³/mol. The molecule has 6 heteroatoms. The van der Waals surface area contributed by atoms with Crippen LogP contribution in [0.3, 0.4) is 0 Å². The Bertz CT molecular complexity index is 431. The number of hydrogen-bond donors (Lipinski definition) is 0. The molecule has 0 amide bonds. The minimum Gasteiger partial charge on any atom is -0.496 e. The molecule has 0 saturated carbocycles. The molecule has 0 heterocycles. The van der Waals surface area contributed by atoms with E-state index in [0.717, 1.165) is 6.08 Å². The summed E-state index contributed by atoms with van der Waals surface area (Å²) >= 11 is 0. The summed E-state index contributed by atoms with van der Waals surface area (Å²) in [5, 5.41) is 10.2. The van der Waals surface area contributed by atoms with Crippen LogP contribution in [0.4, 0.5) is 4.39 Å². The molecule has 0 aliphatic heterocycles. The normalized spacial score (nSPS) is 10.4. The molecule has 1 aromatic rings. The summed E-state index contributed by atoms with van der Waals surface area (Å²) in [7, 11) is 2.66. The lowest BCUT2D eigenvalue weighted by atomic mass is 10.1. The number of ether oxygens (including phenoxy) is 2. The molecule has 86 valence electrons.